The van der Waals surface area contributed by atoms with Gasteiger partial charge in [0.15, 0.2) is 0 Å². The number of amides is 2. The van der Waals surface area contributed by atoms with Crippen LogP contribution in [0.25, 0.3) is 0 Å². The van der Waals surface area contributed by atoms with Gasteiger partial charge in [-0.15, -0.1) is 0 Å². The minimum atomic E-state index is 0.108. The highest BCUT2D eigenvalue weighted by Crippen LogP contribution is 2.33. The van der Waals surface area contributed by atoms with Crippen LogP contribution in [-0.4, -0.2) is 46.2 Å². The van der Waals surface area contributed by atoms with Gasteiger partial charge in [0.05, 0.1) is 0 Å². The van der Waals surface area contributed by atoms with Crippen molar-refractivity contribution in [3.63, 3.8) is 0 Å². The number of likely N-dealkylation sites (tertiary alicyclic amines) is 2. The molecule has 2 amide bonds. The zero-order chi connectivity index (χ0) is 18.6. The lowest BCUT2D eigenvalue weighted by atomic mass is 9.82. The number of carbonyl (C=O) groups is 2. The SMILES string of the molecule is O=C1CC2CCN(C(=O)c3ccccc3)CC2CCN1Cc1cccnc1. The lowest BCUT2D eigenvalue weighted by Gasteiger charge is -2.37. The number of piperidine rings is 1. The largest absolute Gasteiger partial charge is 0.338 e. The number of hydrogen-bond donors (Lipinski definition) is 0. The molecule has 2 saturated heterocycles. The molecule has 0 aliphatic carbocycles. The van der Waals surface area contributed by atoms with Crippen molar-refractivity contribution < 1.29 is 9.59 Å². The smallest absolute Gasteiger partial charge is 0.253 e. The van der Waals surface area contributed by atoms with E-state index in [9.17, 15) is 9.59 Å². The molecule has 2 atom stereocenters. The van der Waals surface area contributed by atoms with E-state index in [1.807, 2.05) is 58.5 Å². The first kappa shape index (κ1) is 17.7. The summed E-state index contributed by atoms with van der Waals surface area (Å²) in [5.74, 6) is 1.12. The standard InChI is InChI=1S/C22H25N3O2/c26-21-13-19-8-12-25(22(27)18-6-2-1-3-7-18)16-20(19)9-11-24(21)15-17-5-4-10-23-14-17/h1-7,10,14,19-20H,8-9,11-13,15-16H2. The molecule has 1 aromatic carbocycles. The van der Waals surface area contributed by atoms with Gasteiger partial charge in [-0.05, 0) is 48.4 Å². The van der Waals surface area contributed by atoms with Gasteiger partial charge in [-0.25, -0.2) is 0 Å². The molecule has 2 aliphatic heterocycles. The third-order valence-electron chi connectivity index (χ3n) is 5.85. The number of fused-ring (bicyclic) bond motifs is 1. The molecule has 4 rings (SSSR count). The van der Waals surface area contributed by atoms with Crippen molar-refractivity contribution in [2.24, 2.45) is 11.8 Å². The molecule has 5 heteroatoms. The van der Waals surface area contributed by atoms with E-state index in [4.69, 9.17) is 0 Å². The second kappa shape index (κ2) is 7.91. The Kier molecular flexibility index (Phi) is 5.19. The fraction of sp³-hybridized carbons (Fsp3) is 0.409. The van der Waals surface area contributed by atoms with Crippen molar-refractivity contribution in [2.45, 2.75) is 25.8 Å². The molecule has 27 heavy (non-hydrogen) atoms. The Morgan fingerprint density at radius 2 is 1.85 bits per heavy atom. The van der Waals surface area contributed by atoms with Crippen LogP contribution in [0, 0.1) is 11.8 Å². The van der Waals surface area contributed by atoms with Crippen LogP contribution in [0.1, 0.15) is 35.2 Å². The average molecular weight is 363 g/mol. The molecule has 140 valence electrons. The minimum Gasteiger partial charge on any atom is -0.338 e. The van der Waals surface area contributed by atoms with Crippen LogP contribution >= 0.6 is 0 Å². The molecule has 2 aromatic rings. The predicted octanol–water partition coefficient (Wildman–Crippen LogP) is 2.98. The van der Waals surface area contributed by atoms with Gasteiger partial charge in [-0.3, -0.25) is 14.6 Å². The van der Waals surface area contributed by atoms with Crippen LogP contribution < -0.4 is 0 Å². The molecule has 2 aliphatic rings. The van der Waals surface area contributed by atoms with E-state index in [1.165, 1.54) is 0 Å². The quantitative estimate of drug-likeness (QED) is 0.842. The van der Waals surface area contributed by atoms with E-state index in [0.717, 1.165) is 43.6 Å². The molecule has 0 saturated carbocycles. The number of rotatable bonds is 3. The van der Waals surface area contributed by atoms with Crippen molar-refractivity contribution in [1.29, 1.82) is 0 Å². The van der Waals surface area contributed by atoms with E-state index in [1.54, 1.807) is 6.20 Å². The Morgan fingerprint density at radius 3 is 2.63 bits per heavy atom. The second-order valence-corrected chi connectivity index (χ2v) is 7.60. The zero-order valence-corrected chi connectivity index (χ0v) is 15.5. The van der Waals surface area contributed by atoms with Gasteiger partial charge in [0, 0.05) is 50.6 Å². The number of carbonyl (C=O) groups excluding carboxylic acids is 2. The molecule has 2 unspecified atom stereocenters. The highest BCUT2D eigenvalue weighted by Gasteiger charge is 2.36. The summed E-state index contributed by atoms with van der Waals surface area (Å²) in [5.41, 5.74) is 1.82. The topological polar surface area (TPSA) is 53.5 Å². The van der Waals surface area contributed by atoms with Crippen molar-refractivity contribution in [2.75, 3.05) is 19.6 Å². The van der Waals surface area contributed by atoms with E-state index in [-0.39, 0.29) is 11.8 Å². The minimum absolute atomic E-state index is 0.108. The first-order valence-corrected chi connectivity index (χ1v) is 9.71. The maximum atomic E-state index is 12.8. The average Bonchev–Trinajstić information content (AvgIpc) is 2.87. The van der Waals surface area contributed by atoms with Gasteiger partial charge in [-0.1, -0.05) is 24.3 Å². The third kappa shape index (κ3) is 4.02. The van der Waals surface area contributed by atoms with E-state index in [0.29, 0.717) is 24.8 Å². The van der Waals surface area contributed by atoms with Crippen molar-refractivity contribution in [3.05, 3.63) is 66.0 Å². The normalized spacial score (nSPS) is 22.9. The summed E-state index contributed by atoms with van der Waals surface area (Å²) < 4.78 is 0. The molecular weight excluding hydrogens is 338 g/mol. The first-order chi connectivity index (χ1) is 13.2. The van der Waals surface area contributed by atoms with Crippen molar-refractivity contribution in [3.8, 4) is 0 Å². The summed E-state index contributed by atoms with van der Waals surface area (Å²) in [7, 11) is 0. The van der Waals surface area contributed by atoms with E-state index in [2.05, 4.69) is 4.98 Å². The van der Waals surface area contributed by atoms with Crippen LogP contribution in [-0.2, 0) is 11.3 Å². The molecular formula is C22H25N3O2. The van der Waals surface area contributed by atoms with E-state index < -0.39 is 0 Å². The van der Waals surface area contributed by atoms with Crippen LogP contribution in [0.4, 0.5) is 0 Å². The highest BCUT2D eigenvalue weighted by atomic mass is 16.2. The summed E-state index contributed by atoms with van der Waals surface area (Å²) in [6.45, 7) is 2.87. The van der Waals surface area contributed by atoms with Crippen LogP contribution in [0.3, 0.4) is 0 Å². The summed E-state index contributed by atoms with van der Waals surface area (Å²) in [6.07, 6.45) is 6.04. The predicted molar refractivity (Wildman–Crippen MR) is 103 cm³/mol. The molecule has 2 fully saturated rings. The van der Waals surface area contributed by atoms with Crippen LogP contribution in [0.2, 0.25) is 0 Å². The number of nitrogens with zero attached hydrogens (tertiary/aromatic N) is 3. The van der Waals surface area contributed by atoms with Crippen LogP contribution in [0.15, 0.2) is 54.9 Å². The van der Waals surface area contributed by atoms with Gasteiger partial charge in [0.25, 0.3) is 5.91 Å². The fourth-order valence-electron chi connectivity index (χ4n) is 4.30. The molecule has 0 bridgehead atoms. The molecule has 0 N–H and O–H groups in total. The molecule has 0 radical (unpaired) electrons. The van der Waals surface area contributed by atoms with Gasteiger partial charge in [0.2, 0.25) is 5.91 Å². The summed E-state index contributed by atoms with van der Waals surface area (Å²) in [4.78, 5) is 33.6. The highest BCUT2D eigenvalue weighted by molar-refractivity contribution is 5.94. The van der Waals surface area contributed by atoms with Gasteiger partial charge in [-0.2, -0.15) is 0 Å². The number of pyridine rings is 1. The maximum Gasteiger partial charge on any atom is 0.253 e. The lowest BCUT2D eigenvalue weighted by molar-refractivity contribution is -0.132. The summed E-state index contributed by atoms with van der Waals surface area (Å²) in [5, 5.41) is 0. The van der Waals surface area contributed by atoms with Crippen molar-refractivity contribution >= 4 is 11.8 Å². The summed E-state index contributed by atoms with van der Waals surface area (Å²) in [6, 6.07) is 13.4. The van der Waals surface area contributed by atoms with E-state index >= 15 is 0 Å². The number of aromatic nitrogens is 1. The molecule has 3 heterocycles. The van der Waals surface area contributed by atoms with Gasteiger partial charge >= 0.3 is 0 Å². The van der Waals surface area contributed by atoms with Gasteiger partial charge in [0.1, 0.15) is 0 Å². The Labute approximate surface area is 160 Å². The van der Waals surface area contributed by atoms with Crippen molar-refractivity contribution in [1.82, 2.24) is 14.8 Å². The molecule has 1 aromatic heterocycles. The lowest BCUT2D eigenvalue weighted by Crippen LogP contribution is -2.43. The van der Waals surface area contributed by atoms with Crippen LogP contribution in [0.5, 0.6) is 0 Å². The number of hydrogen-bond acceptors (Lipinski definition) is 3. The Bertz CT molecular complexity index is 794. The Morgan fingerprint density at radius 1 is 1.04 bits per heavy atom. The zero-order valence-electron chi connectivity index (χ0n) is 15.5. The second-order valence-electron chi connectivity index (χ2n) is 7.60. The Balaban J connectivity index is 1.41. The first-order valence-electron chi connectivity index (χ1n) is 9.71. The summed E-state index contributed by atoms with van der Waals surface area (Å²) >= 11 is 0. The molecule has 5 nitrogen and oxygen atoms in total. The maximum absolute atomic E-state index is 12.8. The Hall–Kier alpha value is -2.69. The monoisotopic (exact) mass is 363 g/mol. The third-order valence-corrected chi connectivity index (χ3v) is 5.85. The fourth-order valence-corrected chi connectivity index (χ4v) is 4.30. The number of benzene rings is 1. The van der Waals surface area contributed by atoms with Gasteiger partial charge < -0.3 is 9.80 Å². The molecule has 0 spiro atoms.